The molecule has 2 aliphatic rings. The Labute approximate surface area is 140 Å². The third-order valence-corrected chi connectivity index (χ3v) is 5.31. The molecule has 1 N–H and O–H groups in total. The number of allylic oxidation sites excluding steroid dienone is 2. The van der Waals surface area contributed by atoms with Crippen LogP contribution in [0.3, 0.4) is 0 Å². The van der Waals surface area contributed by atoms with Gasteiger partial charge in [-0.15, -0.1) is 0 Å². The molecular weight excluding hydrogens is 310 g/mol. The number of carbonyl (C=O) groups is 2. The minimum Gasteiger partial charge on any atom is -0.468 e. The highest BCUT2D eigenvalue weighted by atomic mass is 32.1. The summed E-state index contributed by atoms with van der Waals surface area (Å²) in [4.78, 5) is 25.2. The SMILES string of the molecule is C=C1NC2=C(C(=O)CC(C)(C)C2)C(c2ccsc2)C1C(=O)OC. The van der Waals surface area contributed by atoms with E-state index in [0.717, 1.165) is 23.3 Å². The Hall–Kier alpha value is -1.88. The average molecular weight is 331 g/mol. The Balaban J connectivity index is 2.16. The van der Waals surface area contributed by atoms with Crippen LogP contribution in [0.15, 0.2) is 40.4 Å². The first-order valence-electron chi connectivity index (χ1n) is 7.66. The molecule has 0 aromatic carbocycles. The molecule has 0 spiro atoms. The average Bonchev–Trinajstić information content (AvgIpc) is 2.97. The number of nitrogens with one attached hydrogen (secondary N) is 1. The fourth-order valence-electron chi connectivity index (χ4n) is 3.66. The maximum Gasteiger partial charge on any atom is 0.315 e. The van der Waals surface area contributed by atoms with Crippen molar-refractivity contribution in [1.29, 1.82) is 0 Å². The van der Waals surface area contributed by atoms with Crippen molar-refractivity contribution < 1.29 is 14.3 Å². The normalized spacial score (nSPS) is 26.6. The maximum absolute atomic E-state index is 12.8. The van der Waals surface area contributed by atoms with Gasteiger partial charge >= 0.3 is 5.97 Å². The van der Waals surface area contributed by atoms with E-state index < -0.39 is 5.92 Å². The Morgan fingerprint density at radius 1 is 1.43 bits per heavy atom. The molecule has 2 unspecified atom stereocenters. The number of Topliss-reactive ketones (excluding diaryl/α,β-unsaturated/α-hetero) is 1. The van der Waals surface area contributed by atoms with E-state index in [1.54, 1.807) is 11.3 Å². The van der Waals surface area contributed by atoms with Crippen molar-refractivity contribution in [1.82, 2.24) is 5.32 Å². The van der Waals surface area contributed by atoms with Crippen molar-refractivity contribution in [2.45, 2.75) is 32.6 Å². The number of ether oxygens (including phenoxy) is 1. The van der Waals surface area contributed by atoms with E-state index >= 15 is 0 Å². The first-order valence-corrected chi connectivity index (χ1v) is 8.60. The molecule has 1 aromatic heterocycles. The lowest BCUT2D eigenvalue weighted by molar-refractivity contribution is -0.144. The third kappa shape index (κ3) is 2.74. The van der Waals surface area contributed by atoms with E-state index in [-0.39, 0.29) is 23.1 Å². The van der Waals surface area contributed by atoms with Crippen LogP contribution in [-0.4, -0.2) is 18.9 Å². The van der Waals surface area contributed by atoms with Crippen LogP contribution in [0.2, 0.25) is 0 Å². The first kappa shape index (κ1) is 16.0. The lowest BCUT2D eigenvalue weighted by atomic mass is 9.67. The van der Waals surface area contributed by atoms with Gasteiger partial charge in [0.25, 0.3) is 0 Å². The summed E-state index contributed by atoms with van der Waals surface area (Å²) in [6.45, 7) is 8.21. The molecule has 122 valence electrons. The van der Waals surface area contributed by atoms with Gasteiger partial charge in [-0.25, -0.2) is 0 Å². The van der Waals surface area contributed by atoms with E-state index in [4.69, 9.17) is 4.74 Å². The minimum absolute atomic E-state index is 0.0828. The molecule has 5 heteroatoms. The molecule has 0 amide bonds. The summed E-state index contributed by atoms with van der Waals surface area (Å²) in [5.41, 5.74) is 3.14. The summed E-state index contributed by atoms with van der Waals surface area (Å²) in [5.74, 6) is -1.12. The topological polar surface area (TPSA) is 55.4 Å². The second kappa shape index (κ2) is 5.64. The molecule has 1 aliphatic heterocycles. The Bertz CT molecular complexity index is 700. The van der Waals surface area contributed by atoms with Crippen molar-refractivity contribution in [3.05, 3.63) is 45.9 Å². The molecule has 0 fully saturated rings. The maximum atomic E-state index is 12.8. The van der Waals surface area contributed by atoms with Gasteiger partial charge in [0, 0.05) is 29.3 Å². The number of hydrogen-bond acceptors (Lipinski definition) is 5. The predicted molar refractivity (Wildman–Crippen MR) is 89.9 cm³/mol. The largest absolute Gasteiger partial charge is 0.468 e. The van der Waals surface area contributed by atoms with Gasteiger partial charge in [-0.2, -0.15) is 11.3 Å². The molecule has 1 aliphatic carbocycles. The molecule has 4 nitrogen and oxygen atoms in total. The molecule has 1 aromatic rings. The van der Waals surface area contributed by atoms with E-state index in [0.29, 0.717) is 12.1 Å². The zero-order valence-electron chi connectivity index (χ0n) is 13.6. The Morgan fingerprint density at radius 3 is 2.78 bits per heavy atom. The number of ketones is 1. The van der Waals surface area contributed by atoms with Gasteiger partial charge in [0.1, 0.15) is 5.92 Å². The summed E-state index contributed by atoms with van der Waals surface area (Å²) < 4.78 is 4.97. The third-order valence-electron chi connectivity index (χ3n) is 4.61. The number of methoxy groups -OCH3 is 1. The standard InChI is InChI=1S/C18H21NO3S/c1-10-14(17(21)22-4)15(11-5-6-23-9-11)16-12(19-10)7-18(2,3)8-13(16)20/h5-6,9,14-15,19H,1,7-8H2,2-4H3. The van der Waals surface area contributed by atoms with E-state index in [1.807, 2.05) is 16.8 Å². The monoisotopic (exact) mass is 331 g/mol. The zero-order chi connectivity index (χ0) is 16.8. The summed E-state index contributed by atoms with van der Waals surface area (Å²) >= 11 is 1.56. The number of hydrogen-bond donors (Lipinski definition) is 1. The molecule has 0 bridgehead atoms. The van der Waals surface area contributed by atoms with E-state index in [9.17, 15) is 9.59 Å². The molecule has 2 atom stereocenters. The fourth-order valence-corrected chi connectivity index (χ4v) is 4.36. The van der Waals surface area contributed by atoms with Gasteiger partial charge in [0.05, 0.1) is 7.11 Å². The van der Waals surface area contributed by atoms with Crippen molar-refractivity contribution in [2.75, 3.05) is 7.11 Å². The van der Waals surface area contributed by atoms with Gasteiger partial charge in [-0.1, -0.05) is 20.4 Å². The van der Waals surface area contributed by atoms with Crippen LogP contribution in [0.5, 0.6) is 0 Å². The summed E-state index contributed by atoms with van der Waals surface area (Å²) in [6.07, 6.45) is 1.27. The van der Waals surface area contributed by atoms with Crippen molar-refractivity contribution in [2.24, 2.45) is 11.3 Å². The molecule has 0 saturated carbocycles. The van der Waals surface area contributed by atoms with E-state index in [1.165, 1.54) is 7.11 Å². The van der Waals surface area contributed by atoms with Crippen molar-refractivity contribution in [3.8, 4) is 0 Å². The molecule has 2 heterocycles. The first-order chi connectivity index (χ1) is 10.8. The second-order valence-electron chi connectivity index (χ2n) is 7.02. The quantitative estimate of drug-likeness (QED) is 0.844. The Kier molecular flexibility index (Phi) is 3.92. The highest BCUT2D eigenvalue weighted by molar-refractivity contribution is 7.08. The van der Waals surface area contributed by atoms with Gasteiger partial charge in [-0.3, -0.25) is 9.59 Å². The van der Waals surface area contributed by atoms with Crippen LogP contribution in [0.1, 0.15) is 38.2 Å². The van der Waals surface area contributed by atoms with Gasteiger partial charge in [-0.05, 0) is 34.2 Å². The highest BCUT2D eigenvalue weighted by Gasteiger charge is 2.46. The predicted octanol–water partition coefficient (Wildman–Crippen LogP) is 3.38. The lowest BCUT2D eigenvalue weighted by Crippen LogP contribution is -2.43. The van der Waals surface area contributed by atoms with Gasteiger partial charge in [0.2, 0.25) is 0 Å². The van der Waals surface area contributed by atoms with Crippen LogP contribution in [0.25, 0.3) is 0 Å². The minimum atomic E-state index is -0.571. The fraction of sp³-hybridized carbons (Fsp3) is 0.444. The van der Waals surface area contributed by atoms with Crippen LogP contribution >= 0.6 is 11.3 Å². The van der Waals surface area contributed by atoms with E-state index in [2.05, 4.69) is 25.7 Å². The number of esters is 1. The molecular formula is C18H21NO3S. The molecule has 0 radical (unpaired) electrons. The van der Waals surface area contributed by atoms with Gasteiger partial charge in [0.15, 0.2) is 5.78 Å². The summed E-state index contributed by atoms with van der Waals surface area (Å²) in [6, 6.07) is 1.97. The lowest BCUT2D eigenvalue weighted by Gasteiger charge is -2.41. The van der Waals surface area contributed by atoms with Crippen molar-refractivity contribution >= 4 is 23.1 Å². The molecule has 23 heavy (non-hydrogen) atoms. The number of rotatable bonds is 2. The second-order valence-corrected chi connectivity index (χ2v) is 7.80. The smallest absolute Gasteiger partial charge is 0.315 e. The number of carbonyl (C=O) groups excluding carboxylic acids is 2. The van der Waals surface area contributed by atoms with Crippen LogP contribution in [-0.2, 0) is 14.3 Å². The van der Waals surface area contributed by atoms with Crippen LogP contribution in [0.4, 0.5) is 0 Å². The van der Waals surface area contributed by atoms with Crippen LogP contribution in [0, 0.1) is 11.3 Å². The molecule has 0 saturated heterocycles. The van der Waals surface area contributed by atoms with Crippen molar-refractivity contribution in [3.63, 3.8) is 0 Å². The van der Waals surface area contributed by atoms with Crippen LogP contribution < -0.4 is 5.32 Å². The summed E-state index contributed by atoms with van der Waals surface area (Å²) in [7, 11) is 1.37. The zero-order valence-corrected chi connectivity index (χ0v) is 14.5. The van der Waals surface area contributed by atoms with Gasteiger partial charge < -0.3 is 10.1 Å². The Morgan fingerprint density at radius 2 is 2.17 bits per heavy atom. The number of thiophene rings is 1. The molecule has 3 rings (SSSR count). The highest BCUT2D eigenvalue weighted by Crippen LogP contribution is 2.48. The summed E-state index contributed by atoms with van der Waals surface area (Å²) in [5, 5.41) is 7.19.